The fourth-order valence-electron chi connectivity index (χ4n) is 4.21. The number of halogens is 1. The zero-order chi connectivity index (χ0) is 21.2. The molecule has 0 saturated heterocycles. The van der Waals surface area contributed by atoms with Gasteiger partial charge in [-0.15, -0.1) is 0 Å². The van der Waals surface area contributed by atoms with Crippen LogP contribution in [0.4, 0.5) is 11.4 Å². The second kappa shape index (κ2) is 8.29. The molecule has 5 rings (SSSR count). The minimum absolute atomic E-state index is 0.0175. The van der Waals surface area contributed by atoms with E-state index in [1.807, 2.05) is 102 Å². The fraction of sp³-hybridized carbons (Fsp3) is 0.0741. The van der Waals surface area contributed by atoms with Crippen LogP contribution in [0.1, 0.15) is 27.7 Å². The molecular weight excluding hydrogens is 404 g/mol. The van der Waals surface area contributed by atoms with Crippen molar-refractivity contribution in [2.75, 3.05) is 9.80 Å². The lowest BCUT2D eigenvalue weighted by Crippen LogP contribution is -2.49. The molecule has 0 radical (unpaired) electrons. The number of fused-ring (bicyclic) bond motifs is 1. The summed E-state index contributed by atoms with van der Waals surface area (Å²) in [5.74, 6) is -0.0175. The van der Waals surface area contributed by atoms with Crippen LogP contribution in [0.5, 0.6) is 0 Å². The third-order valence-electron chi connectivity index (χ3n) is 5.58. The summed E-state index contributed by atoms with van der Waals surface area (Å²) in [6, 6.07) is 35.8. The largest absolute Gasteiger partial charge is 0.342 e. The maximum atomic E-state index is 13.8. The van der Waals surface area contributed by atoms with E-state index in [1.54, 1.807) is 0 Å². The highest BCUT2D eigenvalue weighted by atomic mass is 35.5. The summed E-state index contributed by atoms with van der Waals surface area (Å²) in [5, 5.41) is 0.650. The Labute approximate surface area is 187 Å². The molecule has 4 heteroatoms. The molecule has 0 aliphatic carbocycles. The van der Waals surface area contributed by atoms with Gasteiger partial charge in [-0.05, 0) is 47.5 Å². The van der Waals surface area contributed by atoms with Gasteiger partial charge in [0.2, 0.25) is 0 Å². The van der Waals surface area contributed by atoms with Gasteiger partial charge in [0.15, 0.2) is 0 Å². The standard InChI is InChI=1S/C27H21ClN2O/c28-22-13-9-12-21(18-22)26-29(19-20-10-3-1-4-11-20)25-17-8-7-16-24(25)27(31)30(26)23-14-5-2-6-15-23/h1-18,26H,19H2/t26-/m1/s1. The van der Waals surface area contributed by atoms with Crippen LogP contribution in [-0.2, 0) is 6.54 Å². The Morgan fingerprint density at radius 2 is 1.42 bits per heavy atom. The highest BCUT2D eigenvalue weighted by Gasteiger charge is 2.39. The second-order valence-electron chi connectivity index (χ2n) is 7.57. The lowest BCUT2D eigenvalue weighted by atomic mass is 9.99. The number of para-hydroxylation sites is 2. The lowest BCUT2D eigenvalue weighted by Gasteiger charge is -2.46. The summed E-state index contributed by atoms with van der Waals surface area (Å²) in [6.45, 7) is 0.658. The molecule has 0 aromatic heterocycles. The molecule has 1 amide bonds. The molecule has 0 fully saturated rings. The van der Waals surface area contributed by atoms with Crippen molar-refractivity contribution in [2.45, 2.75) is 12.7 Å². The van der Waals surface area contributed by atoms with Crippen molar-refractivity contribution in [1.82, 2.24) is 0 Å². The monoisotopic (exact) mass is 424 g/mol. The first kappa shape index (κ1) is 19.4. The van der Waals surface area contributed by atoms with Crippen molar-refractivity contribution in [3.63, 3.8) is 0 Å². The van der Waals surface area contributed by atoms with Crippen LogP contribution in [0.2, 0.25) is 5.02 Å². The van der Waals surface area contributed by atoms with Crippen LogP contribution < -0.4 is 9.80 Å². The first-order valence-corrected chi connectivity index (χ1v) is 10.6. The van der Waals surface area contributed by atoms with Gasteiger partial charge in [-0.25, -0.2) is 0 Å². The maximum Gasteiger partial charge on any atom is 0.262 e. The number of hydrogen-bond acceptors (Lipinski definition) is 2. The molecule has 1 heterocycles. The van der Waals surface area contributed by atoms with Gasteiger partial charge in [-0.2, -0.15) is 0 Å². The molecule has 152 valence electrons. The van der Waals surface area contributed by atoms with Crippen LogP contribution in [0.15, 0.2) is 109 Å². The third kappa shape index (κ3) is 3.69. The predicted molar refractivity (Wildman–Crippen MR) is 127 cm³/mol. The lowest BCUT2D eigenvalue weighted by molar-refractivity contribution is 0.0968. The van der Waals surface area contributed by atoms with Gasteiger partial charge in [0.1, 0.15) is 6.17 Å². The molecule has 3 nitrogen and oxygen atoms in total. The minimum Gasteiger partial charge on any atom is -0.342 e. The van der Waals surface area contributed by atoms with Crippen molar-refractivity contribution in [3.05, 3.63) is 131 Å². The van der Waals surface area contributed by atoms with Crippen molar-refractivity contribution >= 4 is 28.9 Å². The van der Waals surface area contributed by atoms with Gasteiger partial charge < -0.3 is 4.90 Å². The van der Waals surface area contributed by atoms with Crippen LogP contribution in [0.25, 0.3) is 0 Å². The summed E-state index contributed by atoms with van der Waals surface area (Å²) < 4.78 is 0. The molecule has 0 spiro atoms. The number of benzene rings is 4. The molecule has 0 N–H and O–H groups in total. The van der Waals surface area contributed by atoms with E-state index in [9.17, 15) is 4.79 Å². The highest BCUT2D eigenvalue weighted by molar-refractivity contribution is 6.30. The zero-order valence-corrected chi connectivity index (χ0v) is 17.6. The van der Waals surface area contributed by atoms with Crippen molar-refractivity contribution in [2.24, 2.45) is 0 Å². The number of rotatable bonds is 4. The molecular formula is C27H21ClN2O. The van der Waals surface area contributed by atoms with E-state index in [2.05, 4.69) is 17.0 Å². The quantitative estimate of drug-likeness (QED) is 0.363. The number of hydrogen-bond donors (Lipinski definition) is 0. The molecule has 1 aliphatic heterocycles. The predicted octanol–water partition coefficient (Wildman–Crippen LogP) is 6.71. The number of nitrogens with zero attached hydrogens (tertiary/aromatic N) is 2. The normalized spacial score (nSPS) is 15.6. The van der Waals surface area contributed by atoms with E-state index >= 15 is 0 Å². The molecule has 1 aliphatic rings. The van der Waals surface area contributed by atoms with Gasteiger partial charge in [0.05, 0.1) is 11.3 Å². The summed E-state index contributed by atoms with van der Waals surface area (Å²) >= 11 is 6.38. The van der Waals surface area contributed by atoms with Gasteiger partial charge in [-0.3, -0.25) is 9.69 Å². The van der Waals surface area contributed by atoms with Crippen molar-refractivity contribution < 1.29 is 4.79 Å². The van der Waals surface area contributed by atoms with Crippen LogP contribution >= 0.6 is 11.6 Å². The highest BCUT2D eigenvalue weighted by Crippen LogP contribution is 2.42. The molecule has 31 heavy (non-hydrogen) atoms. The van der Waals surface area contributed by atoms with Crippen molar-refractivity contribution in [1.29, 1.82) is 0 Å². The smallest absolute Gasteiger partial charge is 0.262 e. The fourth-order valence-corrected chi connectivity index (χ4v) is 4.41. The average molecular weight is 425 g/mol. The van der Waals surface area contributed by atoms with Gasteiger partial charge >= 0.3 is 0 Å². The average Bonchev–Trinajstić information content (AvgIpc) is 2.82. The Kier molecular flexibility index (Phi) is 5.19. The Morgan fingerprint density at radius 1 is 0.742 bits per heavy atom. The second-order valence-corrected chi connectivity index (χ2v) is 8.01. The van der Waals surface area contributed by atoms with Crippen molar-refractivity contribution in [3.8, 4) is 0 Å². The minimum atomic E-state index is -0.330. The summed E-state index contributed by atoms with van der Waals surface area (Å²) in [7, 11) is 0. The molecule has 4 aromatic rings. The first-order chi connectivity index (χ1) is 15.2. The SMILES string of the molecule is O=C1c2ccccc2N(Cc2ccccc2)[C@@H](c2cccc(Cl)c2)N1c1ccccc1. The topological polar surface area (TPSA) is 23.6 Å². The van der Waals surface area contributed by atoms with E-state index in [0.29, 0.717) is 17.1 Å². The Bertz CT molecular complexity index is 1210. The van der Waals surface area contributed by atoms with E-state index in [-0.39, 0.29) is 12.1 Å². The van der Waals surface area contributed by atoms with E-state index in [1.165, 1.54) is 5.56 Å². The molecule has 4 aromatic carbocycles. The molecule has 0 saturated carbocycles. The number of carbonyl (C=O) groups excluding carboxylic acids is 1. The molecule has 1 atom stereocenters. The van der Waals surface area contributed by atoms with Gasteiger partial charge in [0.25, 0.3) is 5.91 Å². The van der Waals surface area contributed by atoms with Crippen LogP contribution in [0.3, 0.4) is 0 Å². The summed E-state index contributed by atoms with van der Waals surface area (Å²) in [6.07, 6.45) is -0.330. The first-order valence-electron chi connectivity index (χ1n) is 10.3. The summed E-state index contributed by atoms with van der Waals surface area (Å²) in [4.78, 5) is 17.9. The number of carbonyl (C=O) groups is 1. The number of amides is 1. The van der Waals surface area contributed by atoms with Gasteiger partial charge in [-0.1, -0.05) is 84.4 Å². The molecule has 0 bridgehead atoms. The zero-order valence-electron chi connectivity index (χ0n) is 16.9. The number of anilines is 2. The van der Waals surface area contributed by atoms with E-state index in [0.717, 1.165) is 16.9 Å². The third-order valence-corrected chi connectivity index (χ3v) is 5.81. The Morgan fingerprint density at radius 3 is 2.16 bits per heavy atom. The van der Waals surface area contributed by atoms with E-state index < -0.39 is 0 Å². The summed E-state index contributed by atoms with van der Waals surface area (Å²) in [5.41, 5.74) is 4.61. The van der Waals surface area contributed by atoms with Crippen LogP contribution in [0, 0.1) is 0 Å². The van der Waals surface area contributed by atoms with E-state index in [4.69, 9.17) is 11.6 Å². The Balaban J connectivity index is 1.73. The Hall–Kier alpha value is -3.56. The van der Waals surface area contributed by atoms with Gasteiger partial charge in [0, 0.05) is 17.3 Å². The maximum absolute atomic E-state index is 13.8. The molecule has 0 unspecified atom stereocenters. The van der Waals surface area contributed by atoms with Crippen LogP contribution in [-0.4, -0.2) is 5.91 Å².